The third kappa shape index (κ3) is 1.86. The summed E-state index contributed by atoms with van der Waals surface area (Å²) in [5, 5.41) is 8.73. The lowest BCUT2D eigenvalue weighted by atomic mass is 9.68. The van der Waals surface area contributed by atoms with Gasteiger partial charge in [0.15, 0.2) is 0 Å². The van der Waals surface area contributed by atoms with Crippen molar-refractivity contribution in [3.8, 4) is 6.07 Å². The van der Waals surface area contributed by atoms with E-state index in [4.69, 9.17) is 5.26 Å². The van der Waals surface area contributed by atoms with Gasteiger partial charge in [0.05, 0.1) is 17.3 Å². The van der Waals surface area contributed by atoms with Gasteiger partial charge in [0.25, 0.3) is 0 Å². The molecule has 0 amide bonds. The van der Waals surface area contributed by atoms with Crippen LogP contribution in [0.3, 0.4) is 0 Å². The fraction of sp³-hybridized carbons (Fsp3) is 0.533. The maximum absolute atomic E-state index is 13.9. The van der Waals surface area contributed by atoms with Gasteiger partial charge in [0.2, 0.25) is 0 Å². The van der Waals surface area contributed by atoms with Crippen LogP contribution in [0, 0.1) is 22.6 Å². The summed E-state index contributed by atoms with van der Waals surface area (Å²) in [6.07, 6.45) is 6.59. The summed E-state index contributed by atoms with van der Waals surface area (Å²) in [6, 6.07) is 6.74. The number of halogens is 1. The Labute approximate surface area is 107 Å². The Morgan fingerprint density at radius 1 is 1.17 bits per heavy atom. The number of benzene rings is 1. The molecule has 1 saturated heterocycles. The van der Waals surface area contributed by atoms with Crippen LogP contribution in [0.1, 0.15) is 37.7 Å². The van der Waals surface area contributed by atoms with Gasteiger partial charge in [-0.15, -0.1) is 0 Å². The fourth-order valence-electron chi connectivity index (χ4n) is 3.38. The molecule has 94 valence electrons. The zero-order valence-corrected chi connectivity index (χ0v) is 10.5. The summed E-state index contributed by atoms with van der Waals surface area (Å²) in [4.78, 5) is 2.11. The zero-order chi connectivity index (χ0) is 12.6. The Hall–Kier alpha value is -1.56. The van der Waals surface area contributed by atoms with Crippen LogP contribution in [-0.4, -0.2) is 13.1 Å². The van der Waals surface area contributed by atoms with E-state index < -0.39 is 0 Å². The molecule has 1 aliphatic carbocycles. The molecule has 3 rings (SSSR count). The van der Waals surface area contributed by atoms with E-state index in [-0.39, 0.29) is 5.82 Å². The van der Waals surface area contributed by atoms with E-state index >= 15 is 0 Å². The lowest BCUT2D eigenvalue weighted by molar-refractivity contribution is 0.138. The number of hydrogen-bond donors (Lipinski definition) is 0. The molecular formula is C15H17FN2. The molecule has 0 N–H and O–H groups in total. The molecule has 1 aromatic carbocycles. The third-order valence-corrected chi connectivity index (χ3v) is 4.38. The van der Waals surface area contributed by atoms with Crippen molar-refractivity contribution in [1.82, 2.24) is 0 Å². The first kappa shape index (κ1) is 11.5. The van der Waals surface area contributed by atoms with E-state index in [2.05, 4.69) is 4.90 Å². The standard InChI is InChI=1S/C15H17FN2/c16-13-8-12(9-17)4-5-14(13)18-10-15(11-18)6-2-1-3-7-15/h4-5,8H,1-3,6-7,10-11H2. The van der Waals surface area contributed by atoms with Gasteiger partial charge in [-0.1, -0.05) is 19.3 Å². The van der Waals surface area contributed by atoms with Gasteiger partial charge in [-0.05, 0) is 31.0 Å². The first-order valence-electron chi connectivity index (χ1n) is 6.67. The lowest BCUT2D eigenvalue weighted by Crippen LogP contribution is -2.57. The van der Waals surface area contributed by atoms with Crippen LogP contribution in [0.2, 0.25) is 0 Å². The number of nitriles is 1. The van der Waals surface area contributed by atoms with E-state index in [0.29, 0.717) is 16.7 Å². The Morgan fingerprint density at radius 3 is 2.50 bits per heavy atom. The summed E-state index contributed by atoms with van der Waals surface area (Å²) < 4.78 is 13.9. The van der Waals surface area contributed by atoms with Crippen LogP contribution >= 0.6 is 0 Å². The van der Waals surface area contributed by atoms with Gasteiger partial charge >= 0.3 is 0 Å². The molecule has 2 nitrogen and oxygen atoms in total. The quantitative estimate of drug-likeness (QED) is 0.756. The van der Waals surface area contributed by atoms with Crippen LogP contribution in [0.25, 0.3) is 0 Å². The highest BCUT2D eigenvalue weighted by Gasteiger charge is 2.43. The SMILES string of the molecule is N#Cc1ccc(N2CC3(CCCCC3)C2)c(F)c1. The van der Waals surface area contributed by atoms with Crippen molar-refractivity contribution in [3.63, 3.8) is 0 Å². The molecule has 2 fully saturated rings. The number of anilines is 1. The minimum atomic E-state index is -0.264. The minimum Gasteiger partial charge on any atom is -0.368 e. The predicted octanol–water partition coefficient (Wildman–Crippen LogP) is 3.47. The second kappa shape index (κ2) is 4.28. The minimum absolute atomic E-state index is 0.264. The van der Waals surface area contributed by atoms with Crippen LogP contribution in [0.5, 0.6) is 0 Å². The number of hydrogen-bond acceptors (Lipinski definition) is 2. The molecule has 0 aromatic heterocycles. The first-order chi connectivity index (χ1) is 8.72. The fourth-order valence-corrected chi connectivity index (χ4v) is 3.38. The summed E-state index contributed by atoms with van der Waals surface area (Å²) in [5.41, 5.74) is 1.51. The molecule has 18 heavy (non-hydrogen) atoms. The molecule has 1 aromatic rings. The Kier molecular flexibility index (Phi) is 2.74. The second-order valence-corrected chi connectivity index (χ2v) is 5.69. The van der Waals surface area contributed by atoms with Gasteiger partial charge in [0.1, 0.15) is 5.82 Å². The smallest absolute Gasteiger partial charge is 0.147 e. The Balaban J connectivity index is 1.73. The van der Waals surface area contributed by atoms with Crippen molar-refractivity contribution in [1.29, 1.82) is 5.26 Å². The predicted molar refractivity (Wildman–Crippen MR) is 68.8 cm³/mol. The lowest BCUT2D eigenvalue weighted by Gasteiger charge is -2.53. The maximum atomic E-state index is 13.9. The van der Waals surface area contributed by atoms with Gasteiger partial charge in [0, 0.05) is 18.5 Å². The van der Waals surface area contributed by atoms with E-state index in [0.717, 1.165) is 13.1 Å². The molecule has 1 heterocycles. The summed E-state index contributed by atoms with van der Waals surface area (Å²) >= 11 is 0. The van der Waals surface area contributed by atoms with Crippen molar-refractivity contribution < 1.29 is 4.39 Å². The average Bonchev–Trinajstić information content (AvgIpc) is 2.37. The molecule has 0 unspecified atom stereocenters. The maximum Gasteiger partial charge on any atom is 0.147 e. The molecule has 3 heteroatoms. The van der Waals surface area contributed by atoms with Crippen molar-refractivity contribution in [2.75, 3.05) is 18.0 Å². The molecule has 0 radical (unpaired) electrons. The summed E-state index contributed by atoms with van der Waals surface area (Å²) in [6.45, 7) is 1.96. The van der Waals surface area contributed by atoms with E-state index in [1.165, 1.54) is 38.2 Å². The topological polar surface area (TPSA) is 27.0 Å². The molecule has 1 saturated carbocycles. The Morgan fingerprint density at radius 2 is 1.89 bits per heavy atom. The third-order valence-electron chi connectivity index (χ3n) is 4.38. The van der Waals surface area contributed by atoms with Crippen molar-refractivity contribution in [2.24, 2.45) is 5.41 Å². The second-order valence-electron chi connectivity index (χ2n) is 5.69. The number of rotatable bonds is 1. The molecule has 0 bridgehead atoms. The molecule has 0 atom stereocenters. The molecule has 1 aliphatic heterocycles. The van der Waals surface area contributed by atoms with E-state index in [1.54, 1.807) is 12.1 Å². The molecule has 2 aliphatic rings. The van der Waals surface area contributed by atoms with Crippen LogP contribution in [0.4, 0.5) is 10.1 Å². The normalized spacial score (nSPS) is 21.4. The van der Waals surface area contributed by atoms with Gasteiger partial charge in [-0.25, -0.2) is 4.39 Å². The molecule has 1 spiro atoms. The summed E-state index contributed by atoms with van der Waals surface area (Å²) in [5.74, 6) is -0.264. The van der Waals surface area contributed by atoms with Crippen LogP contribution in [-0.2, 0) is 0 Å². The van der Waals surface area contributed by atoms with E-state index in [1.807, 2.05) is 6.07 Å². The highest BCUT2D eigenvalue weighted by atomic mass is 19.1. The van der Waals surface area contributed by atoms with Gasteiger partial charge < -0.3 is 4.90 Å². The summed E-state index contributed by atoms with van der Waals surface area (Å²) in [7, 11) is 0. The highest BCUT2D eigenvalue weighted by Crippen LogP contribution is 2.45. The first-order valence-corrected chi connectivity index (χ1v) is 6.67. The van der Waals surface area contributed by atoms with Crippen molar-refractivity contribution in [2.45, 2.75) is 32.1 Å². The van der Waals surface area contributed by atoms with E-state index in [9.17, 15) is 4.39 Å². The molecular weight excluding hydrogens is 227 g/mol. The van der Waals surface area contributed by atoms with Crippen molar-refractivity contribution >= 4 is 5.69 Å². The highest BCUT2D eigenvalue weighted by molar-refractivity contribution is 5.53. The monoisotopic (exact) mass is 244 g/mol. The Bertz CT molecular complexity index is 490. The van der Waals surface area contributed by atoms with Gasteiger partial charge in [-0.2, -0.15) is 5.26 Å². The van der Waals surface area contributed by atoms with Gasteiger partial charge in [-0.3, -0.25) is 0 Å². The van der Waals surface area contributed by atoms with Crippen LogP contribution in [0.15, 0.2) is 18.2 Å². The zero-order valence-electron chi connectivity index (χ0n) is 10.5. The number of nitrogens with zero attached hydrogens (tertiary/aromatic N) is 2. The van der Waals surface area contributed by atoms with Crippen LogP contribution < -0.4 is 4.90 Å². The average molecular weight is 244 g/mol. The van der Waals surface area contributed by atoms with Crippen molar-refractivity contribution in [3.05, 3.63) is 29.6 Å². The largest absolute Gasteiger partial charge is 0.368 e.